The second kappa shape index (κ2) is 6.43. The Hall–Kier alpha value is -1.69. The van der Waals surface area contributed by atoms with Crippen LogP contribution in [0, 0.1) is 0 Å². The minimum Gasteiger partial charge on any atom is -0.288 e. The van der Waals surface area contributed by atoms with Gasteiger partial charge in [-0.3, -0.25) is 9.45 Å². The summed E-state index contributed by atoms with van der Waals surface area (Å²) in [7, 11) is -4.02. The molecule has 1 saturated heterocycles. The maximum atomic E-state index is 11.6. The van der Waals surface area contributed by atoms with Crippen molar-refractivity contribution in [3.05, 3.63) is 71.8 Å². The van der Waals surface area contributed by atoms with Crippen LogP contribution in [0.25, 0.3) is 0 Å². The summed E-state index contributed by atoms with van der Waals surface area (Å²) in [5.41, 5.74) is 2.25. The van der Waals surface area contributed by atoms with Crippen molar-refractivity contribution in [3.8, 4) is 0 Å². The molecule has 4 nitrogen and oxygen atoms in total. The van der Waals surface area contributed by atoms with E-state index >= 15 is 0 Å². The third-order valence-electron chi connectivity index (χ3n) is 4.68. The van der Waals surface area contributed by atoms with E-state index in [9.17, 15) is 13.0 Å². The van der Waals surface area contributed by atoms with E-state index in [1.807, 2.05) is 43.3 Å². The summed E-state index contributed by atoms with van der Waals surface area (Å²) in [4.78, 5) is 2.17. The highest BCUT2D eigenvalue weighted by Gasteiger charge is 2.42. The average molecular weight is 331 g/mol. The summed E-state index contributed by atoms with van der Waals surface area (Å²) < 4.78 is 32.7. The normalized spacial score (nSPS) is 22.6. The quantitative estimate of drug-likeness (QED) is 0.875. The Morgan fingerprint density at radius 3 is 1.87 bits per heavy atom. The van der Waals surface area contributed by atoms with Crippen LogP contribution >= 0.6 is 0 Å². The smallest absolute Gasteiger partial charge is 0.269 e. The zero-order chi connectivity index (χ0) is 16.4. The van der Waals surface area contributed by atoms with Crippen molar-refractivity contribution in [3.63, 3.8) is 0 Å². The Kier molecular flexibility index (Phi) is 4.53. The molecular weight excluding hydrogens is 310 g/mol. The van der Waals surface area contributed by atoms with Crippen molar-refractivity contribution in [2.24, 2.45) is 0 Å². The molecule has 2 aromatic carbocycles. The Balaban J connectivity index is 2.01. The average Bonchev–Trinajstić information content (AvgIpc) is 2.92. The zero-order valence-electron chi connectivity index (χ0n) is 13.0. The summed E-state index contributed by atoms with van der Waals surface area (Å²) in [6.45, 7) is 2.52. The molecule has 0 spiro atoms. The maximum Gasteiger partial charge on any atom is 0.269 e. The molecule has 0 aliphatic carbocycles. The molecule has 0 amide bonds. The van der Waals surface area contributed by atoms with Gasteiger partial charge in [0, 0.05) is 12.6 Å². The lowest BCUT2D eigenvalue weighted by atomic mass is 9.96. The molecule has 5 heteroatoms. The van der Waals surface area contributed by atoms with Crippen molar-refractivity contribution in [1.29, 1.82) is 0 Å². The van der Waals surface area contributed by atoms with Crippen LogP contribution < -0.4 is 0 Å². The monoisotopic (exact) mass is 331 g/mol. The summed E-state index contributed by atoms with van der Waals surface area (Å²) >= 11 is 0. The molecule has 1 fully saturated rings. The zero-order valence-corrected chi connectivity index (χ0v) is 13.9. The first-order valence-electron chi connectivity index (χ1n) is 7.80. The molecule has 23 heavy (non-hydrogen) atoms. The minimum absolute atomic E-state index is 0.0147. The van der Waals surface area contributed by atoms with Crippen LogP contribution in [0.4, 0.5) is 0 Å². The first-order chi connectivity index (χ1) is 11.0. The SMILES string of the molecule is CC1C(S(=O)(=O)O)CCN1C(c1ccccc1)c1ccccc1. The molecule has 122 valence electrons. The van der Waals surface area contributed by atoms with Crippen LogP contribution in [0.5, 0.6) is 0 Å². The van der Waals surface area contributed by atoms with E-state index in [0.29, 0.717) is 13.0 Å². The van der Waals surface area contributed by atoms with E-state index in [-0.39, 0.29) is 12.1 Å². The van der Waals surface area contributed by atoms with Gasteiger partial charge in [-0.05, 0) is 24.5 Å². The summed E-state index contributed by atoms with van der Waals surface area (Å²) in [6, 6.07) is 19.9. The molecule has 0 aromatic heterocycles. The van der Waals surface area contributed by atoms with Gasteiger partial charge in [0.15, 0.2) is 0 Å². The summed E-state index contributed by atoms with van der Waals surface area (Å²) in [6.07, 6.45) is 0.455. The number of hydrogen-bond acceptors (Lipinski definition) is 3. The Morgan fingerprint density at radius 2 is 1.48 bits per heavy atom. The molecule has 1 aliphatic rings. The fraction of sp³-hybridized carbons (Fsp3) is 0.333. The molecule has 3 rings (SSSR count). The molecular formula is C18H21NO3S. The van der Waals surface area contributed by atoms with Crippen molar-refractivity contribution in [1.82, 2.24) is 4.90 Å². The van der Waals surface area contributed by atoms with Crippen LogP contribution in [0.2, 0.25) is 0 Å². The molecule has 1 aliphatic heterocycles. The van der Waals surface area contributed by atoms with E-state index in [0.717, 1.165) is 11.1 Å². The molecule has 1 heterocycles. The Morgan fingerprint density at radius 1 is 1.00 bits per heavy atom. The third kappa shape index (κ3) is 3.32. The van der Waals surface area contributed by atoms with Gasteiger partial charge < -0.3 is 0 Å². The molecule has 2 atom stereocenters. The lowest BCUT2D eigenvalue weighted by molar-refractivity contribution is 0.218. The summed E-state index contributed by atoms with van der Waals surface area (Å²) in [5.74, 6) is 0. The van der Waals surface area contributed by atoms with E-state index in [4.69, 9.17) is 0 Å². The van der Waals surface area contributed by atoms with Gasteiger partial charge in [-0.1, -0.05) is 60.7 Å². The number of likely N-dealkylation sites (tertiary alicyclic amines) is 1. The van der Waals surface area contributed by atoms with Gasteiger partial charge in [0.25, 0.3) is 10.1 Å². The fourth-order valence-corrected chi connectivity index (χ4v) is 4.60. The predicted octanol–water partition coefficient (Wildman–Crippen LogP) is 3.13. The van der Waals surface area contributed by atoms with Gasteiger partial charge in [-0.25, -0.2) is 0 Å². The second-order valence-electron chi connectivity index (χ2n) is 6.04. The van der Waals surface area contributed by atoms with Gasteiger partial charge in [-0.15, -0.1) is 0 Å². The molecule has 2 aromatic rings. The standard InChI is InChI=1S/C18H21NO3S/c1-14-17(23(20,21)22)12-13-19(14)18(15-8-4-2-5-9-15)16-10-6-3-7-11-16/h2-11,14,17-18H,12-13H2,1H3,(H,20,21,22). The molecule has 0 bridgehead atoms. The maximum absolute atomic E-state index is 11.6. The second-order valence-corrected chi connectivity index (χ2v) is 7.68. The Bertz CT molecular complexity index is 707. The minimum atomic E-state index is -4.02. The number of hydrogen-bond donors (Lipinski definition) is 1. The Labute approximate surface area is 137 Å². The van der Waals surface area contributed by atoms with Crippen LogP contribution in [0.1, 0.15) is 30.5 Å². The summed E-state index contributed by atoms with van der Waals surface area (Å²) in [5, 5.41) is -0.725. The fourth-order valence-electron chi connectivity index (χ4n) is 3.54. The highest BCUT2D eigenvalue weighted by Crippen LogP contribution is 2.36. The molecule has 0 saturated carbocycles. The lowest BCUT2D eigenvalue weighted by Gasteiger charge is -2.33. The van der Waals surface area contributed by atoms with Crippen molar-refractivity contribution in [2.75, 3.05) is 6.54 Å². The van der Waals surface area contributed by atoms with Crippen LogP contribution in [-0.2, 0) is 10.1 Å². The lowest BCUT2D eigenvalue weighted by Crippen LogP contribution is -2.38. The van der Waals surface area contributed by atoms with Gasteiger partial charge >= 0.3 is 0 Å². The van der Waals surface area contributed by atoms with Crippen LogP contribution in [-0.4, -0.2) is 35.7 Å². The first kappa shape index (κ1) is 16.2. The van der Waals surface area contributed by atoms with E-state index in [1.165, 1.54) is 0 Å². The predicted molar refractivity (Wildman–Crippen MR) is 90.8 cm³/mol. The molecule has 0 radical (unpaired) electrons. The van der Waals surface area contributed by atoms with Crippen LogP contribution in [0.3, 0.4) is 0 Å². The van der Waals surface area contributed by atoms with Crippen molar-refractivity contribution >= 4 is 10.1 Å². The number of nitrogens with zero attached hydrogens (tertiary/aromatic N) is 1. The van der Waals surface area contributed by atoms with E-state index in [2.05, 4.69) is 29.2 Å². The van der Waals surface area contributed by atoms with Crippen molar-refractivity contribution in [2.45, 2.75) is 30.7 Å². The molecule has 1 N–H and O–H groups in total. The van der Waals surface area contributed by atoms with E-state index < -0.39 is 15.4 Å². The number of benzene rings is 2. The van der Waals surface area contributed by atoms with Gasteiger partial charge in [-0.2, -0.15) is 8.42 Å². The topological polar surface area (TPSA) is 57.6 Å². The largest absolute Gasteiger partial charge is 0.288 e. The van der Waals surface area contributed by atoms with E-state index in [1.54, 1.807) is 0 Å². The molecule has 2 unspecified atom stereocenters. The van der Waals surface area contributed by atoms with Gasteiger partial charge in [0.05, 0.1) is 6.04 Å². The van der Waals surface area contributed by atoms with Crippen molar-refractivity contribution < 1.29 is 13.0 Å². The number of rotatable bonds is 4. The van der Waals surface area contributed by atoms with Crippen LogP contribution in [0.15, 0.2) is 60.7 Å². The van der Waals surface area contributed by atoms with Gasteiger partial charge in [0.1, 0.15) is 5.25 Å². The van der Waals surface area contributed by atoms with Gasteiger partial charge in [0.2, 0.25) is 0 Å². The third-order valence-corrected chi connectivity index (χ3v) is 6.07. The highest BCUT2D eigenvalue weighted by molar-refractivity contribution is 7.86. The first-order valence-corrected chi connectivity index (χ1v) is 9.31. The highest BCUT2D eigenvalue weighted by atomic mass is 32.2.